The molecular weight excluding hydrogens is 178 g/mol. The van der Waals surface area contributed by atoms with Crippen molar-refractivity contribution in [3.05, 3.63) is 0 Å². The van der Waals surface area contributed by atoms with E-state index in [1.165, 1.54) is 12.8 Å². The number of ether oxygens (including phenoxy) is 1. The fourth-order valence-corrected chi connectivity index (χ4v) is 2.33. The Morgan fingerprint density at radius 1 is 1.29 bits per heavy atom. The maximum absolute atomic E-state index is 11.5. The third kappa shape index (κ3) is 2.27. The van der Waals surface area contributed by atoms with E-state index >= 15 is 0 Å². The molecule has 14 heavy (non-hydrogen) atoms. The quantitative estimate of drug-likeness (QED) is 0.701. The van der Waals surface area contributed by atoms with Crippen LogP contribution in [0.4, 0.5) is 0 Å². The van der Waals surface area contributed by atoms with Gasteiger partial charge in [0.15, 0.2) is 0 Å². The SMILES string of the molecule is NC1(CC(=O)OC2CCCC2)CCC1. The van der Waals surface area contributed by atoms with Gasteiger partial charge in [-0.15, -0.1) is 0 Å². The molecule has 0 saturated heterocycles. The summed E-state index contributed by atoms with van der Waals surface area (Å²) in [5.41, 5.74) is 5.75. The first-order valence-electron chi connectivity index (χ1n) is 5.66. The topological polar surface area (TPSA) is 52.3 Å². The molecule has 3 heteroatoms. The van der Waals surface area contributed by atoms with Gasteiger partial charge in [-0.2, -0.15) is 0 Å². The zero-order valence-electron chi connectivity index (χ0n) is 8.63. The lowest BCUT2D eigenvalue weighted by molar-refractivity contribution is -0.151. The number of carbonyl (C=O) groups excluding carboxylic acids is 1. The molecule has 0 spiro atoms. The smallest absolute Gasteiger partial charge is 0.307 e. The fraction of sp³-hybridized carbons (Fsp3) is 0.909. The van der Waals surface area contributed by atoms with E-state index in [0.29, 0.717) is 6.42 Å². The van der Waals surface area contributed by atoms with Gasteiger partial charge in [0, 0.05) is 5.54 Å². The van der Waals surface area contributed by atoms with E-state index in [9.17, 15) is 4.79 Å². The number of carbonyl (C=O) groups is 1. The Hall–Kier alpha value is -0.570. The van der Waals surface area contributed by atoms with Crippen molar-refractivity contribution in [2.45, 2.75) is 63.0 Å². The van der Waals surface area contributed by atoms with Gasteiger partial charge < -0.3 is 10.5 Å². The molecular formula is C11H19NO2. The van der Waals surface area contributed by atoms with Crippen molar-refractivity contribution in [2.24, 2.45) is 5.73 Å². The second-order valence-electron chi connectivity index (χ2n) is 4.79. The van der Waals surface area contributed by atoms with Gasteiger partial charge in [-0.3, -0.25) is 4.79 Å². The van der Waals surface area contributed by atoms with Gasteiger partial charge in [0.1, 0.15) is 6.10 Å². The van der Waals surface area contributed by atoms with Crippen LogP contribution in [0.15, 0.2) is 0 Å². The van der Waals surface area contributed by atoms with Crippen molar-refractivity contribution in [1.82, 2.24) is 0 Å². The van der Waals surface area contributed by atoms with Crippen LogP contribution in [0.3, 0.4) is 0 Å². The number of hydrogen-bond donors (Lipinski definition) is 1. The van der Waals surface area contributed by atoms with E-state index in [1.807, 2.05) is 0 Å². The summed E-state index contributed by atoms with van der Waals surface area (Å²) >= 11 is 0. The van der Waals surface area contributed by atoms with Crippen LogP contribution < -0.4 is 5.73 Å². The lowest BCUT2D eigenvalue weighted by Crippen LogP contribution is -2.48. The lowest BCUT2D eigenvalue weighted by atomic mass is 9.75. The molecule has 2 aliphatic carbocycles. The van der Waals surface area contributed by atoms with E-state index in [0.717, 1.165) is 32.1 Å². The van der Waals surface area contributed by atoms with Gasteiger partial charge in [0.05, 0.1) is 6.42 Å². The van der Waals surface area contributed by atoms with Crippen LogP contribution >= 0.6 is 0 Å². The van der Waals surface area contributed by atoms with E-state index in [-0.39, 0.29) is 17.6 Å². The predicted octanol–water partition coefficient (Wildman–Crippen LogP) is 1.74. The van der Waals surface area contributed by atoms with Gasteiger partial charge in [-0.05, 0) is 44.9 Å². The van der Waals surface area contributed by atoms with Crippen LogP contribution in [0.5, 0.6) is 0 Å². The van der Waals surface area contributed by atoms with E-state index < -0.39 is 0 Å². The summed E-state index contributed by atoms with van der Waals surface area (Å²) in [5.74, 6) is -0.0842. The summed E-state index contributed by atoms with van der Waals surface area (Å²) in [4.78, 5) is 11.5. The van der Waals surface area contributed by atoms with Gasteiger partial charge in [-0.25, -0.2) is 0 Å². The zero-order chi connectivity index (χ0) is 10.0. The minimum absolute atomic E-state index is 0.0842. The van der Waals surface area contributed by atoms with E-state index in [2.05, 4.69) is 0 Å². The number of hydrogen-bond acceptors (Lipinski definition) is 3. The molecule has 3 nitrogen and oxygen atoms in total. The first kappa shape index (κ1) is 9.97. The Morgan fingerprint density at radius 2 is 1.93 bits per heavy atom. The van der Waals surface area contributed by atoms with Crippen LogP contribution in [0.2, 0.25) is 0 Å². The molecule has 0 amide bonds. The minimum atomic E-state index is -0.227. The first-order chi connectivity index (χ1) is 6.68. The molecule has 0 bridgehead atoms. The highest BCUT2D eigenvalue weighted by Crippen LogP contribution is 2.33. The third-order valence-electron chi connectivity index (χ3n) is 3.45. The summed E-state index contributed by atoms with van der Waals surface area (Å²) in [5, 5.41) is 0. The van der Waals surface area contributed by atoms with Crippen molar-refractivity contribution < 1.29 is 9.53 Å². The highest BCUT2D eigenvalue weighted by molar-refractivity contribution is 5.71. The molecule has 0 atom stereocenters. The highest BCUT2D eigenvalue weighted by Gasteiger charge is 2.36. The second-order valence-corrected chi connectivity index (χ2v) is 4.79. The molecule has 0 aromatic heterocycles. The Labute approximate surface area is 85.0 Å². The fourth-order valence-electron chi connectivity index (χ4n) is 2.33. The molecule has 2 N–H and O–H groups in total. The predicted molar refractivity (Wildman–Crippen MR) is 53.7 cm³/mol. The zero-order valence-corrected chi connectivity index (χ0v) is 8.63. The Morgan fingerprint density at radius 3 is 2.43 bits per heavy atom. The third-order valence-corrected chi connectivity index (χ3v) is 3.45. The molecule has 0 unspecified atom stereocenters. The summed E-state index contributed by atoms with van der Waals surface area (Å²) in [7, 11) is 0. The minimum Gasteiger partial charge on any atom is -0.462 e. The van der Waals surface area contributed by atoms with Crippen LogP contribution in [-0.4, -0.2) is 17.6 Å². The molecule has 2 saturated carbocycles. The van der Waals surface area contributed by atoms with Crippen LogP contribution in [-0.2, 0) is 9.53 Å². The largest absolute Gasteiger partial charge is 0.462 e. The van der Waals surface area contributed by atoms with E-state index in [1.54, 1.807) is 0 Å². The molecule has 2 rings (SSSR count). The lowest BCUT2D eigenvalue weighted by Gasteiger charge is -2.37. The Kier molecular flexibility index (Phi) is 2.77. The first-order valence-corrected chi connectivity index (χ1v) is 5.66. The molecule has 0 heterocycles. The van der Waals surface area contributed by atoms with Crippen molar-refractivity contribution >= 4 is 5.97 Å². The molecule has 2 fully saturated rings. The average molecular weight is 197 g/mol. The maximum Gasteiger partial charge on any atom is 0.307 e. The van der Waals surface area contributed by atoms with Gasteiger partial charge in [0.25, 0.3) is 0 Å². The van der Waals surface area contributed by atoms with Crippen molar-refractivity contribution in [1.29, 1.82) is 0 Å². The van der Waals surface area contributed by atoms with Crippen molar-refractivity contribution in [3.63, 3.8) is 0 Å². The second kappa shape index (κ2) is 3.89. The molecule has 0 radical (unpaired) electrons. The summed E-state index contributed by atoms with van der Waals surface area (Å²) < 4.78 is 5.36. The molecule has 0 aromatic carbocycles. The molecule has 0 aliphatic heterocycles. The standard InChI is InChI=1S/C11H19NO2/c12-11(6-3-7-11)8-10(13)14-9-4-1-2-5-9/h9H,1-8,12H2. The Bertz CT molecular complexity index is 217. The van der Waals surface area contributed by atoms with Gasteiger partial charge >= 0.3 is 5.97 Å². The monoisotopic (exact) mass is 197 g/mol. The van der Waals surface area contributed by atoms with E-state index in [4.69, 9.17) is 10.5 Å². The summed E-state index contributed by atoms with van der Waals surface area (Å²) in [6.07, 6.45) is 8.21. The average Bonchev–Trinajstić information content (AvgIpc) is 2.53. The number of nitrogens with two attached hydrogens (primary N) is 1. The summed E-state index contributed by atoms with van der Waals surface area (Å²) in [6.45, 7) is 0. The molecule has 2 aliphatic rings. The van der Waals surface area contributed by atoms with Crippen molar-refractivity contribution in [2.75, 3.05) is 0 Å². The number of rotatable bonds is 3. The highest BCUT2D eigenvalue weighted by atomic mass is 16.5. The summed E-state index contributed by atoms with van der Waals surface area (Å²) in [6, 6.07) is 0. The number of esters is 1. The van der Waals surface area contributed by atoms with Gasteiger partial charge in [0.2, 0.25) is 0 Å². The maximum atomic E-state index is 11.5. The normalized spacial score (nSPS) is 25.8. The van der Waals surface area contributed by atoms with Gasteiger partial charge in [-0.1, -0.05) is 0 Å². The Balaban J connectivity index is 1.72. The van der Waals surface area contributed by atoms with Crippen molar-refractivity contribution in [3.8, 4) is 0 Å². The van der Waals surface area contributed by atoms with Crippen LogP contribution in [0.1, 0.15) is 51.4 Å². The molecule has 0 aromatic rings. The van der Waals surface area contributed by atoms with Crippen LogP contribution in [0, 0.1) is 0 Å². The molecule has 80 valence electrons. The van der Waals surface area contributed by atoms with Crippen LogP contribution in [0.25, 0.3) is 0 Å².